The normalized spacial score (nSPS) is 25.3. The smallest absolute Gasteiger partial charge is 0.250 e. The molecule has 9 heteroatoms. The van der Waals surface area contributed by atoms with Crippen LogP contribution >= 0.6 is 0 Å². The summed E-state index contributed by atoms with van der Waals surface area (Å²) in [7, 11) is 0. The fraction of sp³-hybridized carbons (Fsp3) is 0.200. The van der Waals surface area contributed by atoms with Crippen molar-refractivity contribution >= 4 is 51.6 Å². The molecule has 4 atom stereocenters. The first-order valence-electron chi connectivity index (χ1n) is 12.9. The molecule has 3 aromatic carbocycles. The molecule has 0 aliphatic carbocycles. The van der Waals surface area contributed by atoms with Gasteiger partial charge in [0.2, 0.25) is 23.6 Å². The zero-order valence-corrected chi connectivity index (χ0v) is 21.0. The minimum atomic E-state index is -1.37. The standard InChI is InChI=1S/C30H25N5O4/c1-16(36)32-18-10-12-19(13-11-18)35-27(37)25-24(14-17-15-31-22-8-4-2-6-20(17)22)34-30(26(25)28(35)38)21-7-3-5-9-23(21)33-29(30)39/h2-13,15,24-26,31,34H,14H2,1H3,(H,32,36)(H,33,39)/t24-,25+,26+,30-/m1/s1. The second-order valence-electron chi connectivity index (χ2n) is 10.4. The first kappa shape index (κ1) is 23.4. The third-order valence-corrected chi connectivity index (χ3v) is 8.18. The van der Waals surface area contributed by atoms with E-state index in [9.17, 15) is 19.2 Å². The van der Waals surface area contributed by atoms with E-state index in [4.69, 9.17) is 0 Å². The van der Waals surface area contributed by atoms with Crippen molar-refractivity contribution < 1.29 is 19.2 Å². The van der Waals surface area contributed by atoms with Crippen LogP contribution in [-0.2, 0) is 31.1 Å². The number of aromatic amines is 1. The quantitative estimate of drug-likeness (QED) is 0.308. The number of carbonyl (C=O) groups is 4. The molecule has 9 nitrogen and oxygen atoms in total. The fourth-order valence-electron chi connectivity index (χ4n) is 6.62. The van der Waals surface area contributed by atoms with Crippen molar-refractivity contribution in [2.24, 2.45) is 11.8 Å². The highest BCUT2D eigenvalue weighted by Gasteiger charge is 2.70. The van der Waals surface area contributed by atoms with Crippen molar-refractivity contribution in [3.63, 3.8) is 0 Å². The maximum absolute atomic E-state index is 14.1. The summed E-state index contributed by atoms with van der Waals surface area (Å²) in [6, 6.07) is 21.4. The number of rotatable bonds is 4. The van der Waals surface area contributed by atoms with Crippen molar-refractivity contribution in [1.29, 1.82) is 0 Å². The van der Waals surface area contributed by atoms with E-state index in [0.29, 0.717) is 29.0 Å². The lowest BCUT2D eigenvalue weighted by molar-refractivity contribution is -0.130. The van der Waals surface area contributed by atoms with E-state index < -0.39 is 29.3 Å². The Hall–Kier alpha value is -4.76. The molecule has 1 spiro atoms. The van der Waals surface area contributed by atoms with E-state index in [2.05, 4.69) is 20.9 Å². The Balaban J connectivity index is 1.33. The number of nitrogens with zero attached hydrogens (tertiary/aromatic N) is 1. The number of amides is 4. The maximum atomic E-state index is 14.1. The first-order valence-corrected chi connectivity index (χ1v) is 12.9. The lowest BCUT2D eigenvalue weighted by Gasteiger charge is -2.29. The number of para-hydroxylation sites is 2. The van der Waals surface area contributed by atoms with Crippen LogP contribution in [0.15, 0.2) is 79.0 Å². The summed E-state index contributed by atoms with van der Waals surface area (Å²) in [5.74, 6) is -2.98. The molecule has 7 rings (SSSR count). The summed E-state index contributed by atoms with van der Waals surface area (Å²) >= 11 is 0. The minimum absolute atomic E-state index is 0.218. The molecule has 3 aliphatic heterocycles. The third kappa shape index (κ3) is 3.29. The number of carbonyl (C=O) groups excluding carboxylic acids is 4. The molecule has 2 saturated heterocycles. The van der Waals surface area contributed by atoms with Crippen LogP contribution in [0.4, 0.5) is 17.1 Å². The number of anilines is 3. The predicted molar refractivity (Wildman–Crippen MR) is 146 cm³/mol. The van der Waals surface area contributed by atoms with Crippen LogP contribution in [-0.4, -0.2) is 34.7 Å². The molecule has 4 N–H and O–H groups in total. The molecule has 0 unspecified atom stereocenters. The summed E-state index contributed by atoms with van der Waals surface area (Å²) in [5.41, 5.74) is 2.90. The van der Waals surface area contributed by atoms with Crippen LogP contribution < -0.4 is 20.9 Å². The zero-order chi connectivity index (χ0) is 26.9. The van der Waals surface area contributed by atoms with Crippen LogP contribution in [0.2, 0.25) is 0 Å². The number of H-pyrrole nitrogens is 1. The number of fused-ring (bicyclic) bond motifs is 5. The van der Waals surface area contributed by atoms with E-state index in [1.54, 1.807) is 24.3 Å². The fourth-order valence-corrected chi connectivity index (χ4v) is 6.62. The Morgan fingerprint density at radius 1 is 0.949 bits per heavy atom. The van der Waals surface area contributed by atoms with Crippen LogP contribution in [0, 0.1) is 11.8 Å². The Labute approximate surface area is 223 Å². The number of imide groups is 1. The zero-order valence-electron chi connectivity index (χ0n) is 21.0. The predicted octanol–water partition coefficient (Wildman–Crippen LogP) is 3.29. The van der Waals surface area contributed by atoms with Gasteiger partial charge in [-0.1, -0.05) is 36.4 Å². The van der Waals surface area contributed by atoms with Gasteiger partial charge in [0.1, 0.15) is 5.54 Å². The summed E-state index contributed by atoms with van der Waals surface area (Å²) in [5, 5.41) is 10.2. The van der Waals surface area contributed by atoms with Gasteiger partial charge in [0.15, 0.2) is 0 Å². The van der Waals surface area contributed by atoms with Gasteiger partial charge >= 0.3 is 0 Å². The molecule has 4 heterocycles. The van der Waals surface area contributed by atoms with Gasteiger partial charge in [0.25, 0.3) is 0 Å². The van der Waals surface area contributed by atoms with Crippen LogP contribution in [0.3, 0.4) is 0 Å². The summed E-state index contributed by atoms with van der Waals surface area (Å²) in [4.78, 5) is 57.8. The monoisotopic (exact) mass is 519 g/mol. The molecule has 4 aromatic rings. The number of nitrogens with one attached hydrogen (secondary N) is 4. The molecular weight excluding hydrogens is 494 g/mol. The van der Waals surface area contributed by atoms with Crippen molar-refractivity contribution in [1.82, 2.24) is 10.3 Å². The molecule has 0 bridgehead atoms. The topological polar surface area (TPSA) is 123 Å². The van der Waals surface area contributed by atoms with Crippen molar-refractivity contribution in [3.05, 3.63) is 90.1 Å². The highest BCUT2D eigenvalue weighted by molar-refractivity contribution is 6.26. The van der Waals surface area contributed by atoms with Gasteiger partial charge in [-0.25, -0.2) is 4.90 Å². The Bertz CT molecular complexity index is 1690. The van der Waals surface area contributed by atoms with E-state index in [1.165, 1.54) is 11.8 Å². The minimum Gasteiger partial charge on any atom is -0.361 e. The van der Waals surface area contributed by atoms with Gasteiger partial charge in [0, 0.05) is 47.0 Å². The lowest BCUT2D eigenvalue weighted by atomic mass is 9.76. The van der Waals surface area contributed by atoms with Crippen molar-refractivity contribution in [2.75, 3.05) is 15.5 Å². The van der Waals surface area contributed by atoms with Gasteiger partial charge in [0.05, 0.1) is 17.5 Å². The second-order valence-corrected chi connectivity index (χ2v) is 10.4. The molecule has 0 saturated carbocycles. The van der Waals surface area contributed by atoms with E-state index in [-0.39, 0.29) is 17.7 Å². The Morgan fingerprint density at radius 2 is 1.69 bits per heavy atom. The Kier molecular flexibility index (Phi) is 5.02. The van der Waals surface area contributed by atoms with E-state index >= 15 is 0 Å². The molecule has 2 fully saturated rings. The van der Waals surface area contributed by atoms with Crippen LogP contribution in [0.1, 0.15) is 18.1 Å². The van der Waals surface area contributed by atoms with Crippen LogP contribution in [0.25, 0.3) is 10.9 Å². The third-order valence-electron chi connectivity index (χ3n) is 8.18. The molecule has 0 radical (unpaired) electrons. The highest BCUT2D eigenvalue weighted by atomic mass is 16.2. The molecular formula is C30H25N5O4. The van der Waals surface area contributed by atoms with Gasteiger partial charge in [-0.2, -0.15) is 0 Å². The number of aromatic nitrogens is 1. The largest absolute Gasteiger partial charge is 0.361 e. The molecule has 39 heavy (non-hydrogen) atoms. The lowest BCUT2D eigenvalue weighted by Crippen LogP contribution is -2.53. The highest BCUT2D eigenvalue weighted by Crippen LogP contribution is 2.54. The second kappa shape index (κ2) is 8.37. The van der Waals surface area contributed by atoms with E-state index in [1.807, 2.05) is 54.7 Å². The Morgan fingerprint density at radius 3 is 2.49 bits per heavy atom. The van der Waals surface area contributed by atoms with Gasteiger partial charge < -0.3 is 15.6 Å². The maximum Gasteiger partial charge on any atom is 0.250 e. The van der Waals surface area contributed by atoms with Crippen LogP contribution in [0.5, 0.6) is 0 Å². The summed E-state index contributed by atoms with van der Waals surface area (Å²) in [6.45, 7) is 1.41. The summed E-state index contributed by atoms with van der Waals surface area (Å²) in [6.07, 6.45) is 2.38. The first-order chi connectivity index (χ1) is 18.9. The number of hydrogen-bond acceptors (Lipinski definition) is 5. The van der Waals surface area contributed by atoms with Gasteiger partial charge in [-0.15, -0.1) is 0 Å². The van der Waals surface area contributed by atoms with Crippen molar-refractivity contribution in [3.8, 4) is 0 Å². The summed E-state index contributed by atoms with van der Waals surface area (Å²) < 4.78 is 0. The average molecular weight is 520 g/mol. The average Bonchev–Trinajstić information content (AvgIpc) is 3.63. The van der Waals surface area contributed by atoms with Gasteiger partial charge in [-0.3, -0.25) is 24.5 Å². The molecule has 3 aliphatic rings. The number of hydrogen-bond donors (Lipinski definition) is 4. The van der Waals surface area contributed by atoms with Crippen molar-refractivity contribution in [2.45, 2.75) is 24.9 Å². The SMILES string of the molecule is CC(=O)Nc1ccc(N2C(=O)[C@@H]3[C@@H](C2=O)[C@@]2(N[C@@H]3Cc3c[nH]c4ccccc34)C(=O)Nc3ccccc32)cc1. The molecule has 194 valence electrons. The van der Waals surface area contributed by atoms with E-state index in [0.717, 1.165) is 16.5 Å². The van der Waals surface area contributed by atoms with Gasteiger partial charge in [-0.05, 0) is 48.4 Å². The number of benzene rings is 3. The molecule has 1 aromatic heterocycles. The molecule has 4 amide bonds.